The third-order valence-electron chi connectivity index (χ3n) is 2.76. The summed E-state index contributed by atoms with van der Waals surface area (Å²) in [6.45, 7) is 3.44. The topological polar surface area (TPSA) is 34.0 Å². The average Bonchev–Trinajstić information content (AvgIpc) is 2.85. The fourth-order valence-corrected chi connectivity index (χ4v) is 2.34. The lowest BCUT2D eigenvalue weighted by Crippen LogP contribution is -2.27. The SMILES string of the molecule is Cc1cccc(C(=O)NCCn2cccc2)c1I. The van der Waals surface area contributed by atoms with Gasteiger partial charge in [0.2, 0.25) is 0 Å². The van der Waals surface area contributed by atoms with Crippen LogP contribution in [0.1, 0.15) is 15.9 Å². The predicted molar refractivity (Wildman–Crippen MR) is 80.7 cm³/mol. The first-order chi connectivity index (χ1) is 8.68. The maximum absolute atomic E-state index is 12.0. The molecule has 1 aromatic carbocycles. The molecule has 1 N–H and O–H groups in total. The van der Waals surface area contributed by atoms with Crippen LogP contribution < -0.4 is 5.32 Å². The number of nitrogens with zero attached hydrogens (tertiary/aromatic N) is 1. The van der Waals surface area contributed by atoms with Crippen LogP contribution in [-0.2, 0) is 6.54 Å². The number of nitrogens with one attached hydrogen (secondary N) is 1. The summed E-state index contributed by atoms with van der Waals surface area (Å²) in [6.07, 6.45) is 3.98. The normalized spacial score (nSPS) is 10.3. The standard InChI is InChI=1S/C14H15IN2O/c1-11-5-4-6-12(13(11)15)14(18)16-7-10-17-8-2-3-9-17/h2-6,8-9H,7,10H2,1H3,(H,16,18). The van der Waals surface area contributed by atoms with Gasteiger partial charge in [-0.25, -0.2) is 0 Å². The van der Waals surface area contributed by atoms with Crippen molar-refractivity contribution in [3.05, 3.63) is 57.4 Å². The van der Waals surface area contributed by atoms with Crippen molar-refractivity contribution >= 4 is 28.5 Å². The number of rotatable bonds is 4. The fourth-order valence-electron chi connectivity index (χ4n) is 1.74. The van der Waals surface area contributed by atoms with Gasteiger partial charge in [-0.2, -0.15) is 0 Å². The van der Waals surface area contributed by atoms with E-state index in [9.17, 15) is 4.79 Å². The van der Waals surface area contributed by atoms with Crippen LogP contribution in [0.2, 0.25) is 0 Å². The number of carbonyl (C=O) groups is 1. The van der Waals surface area contributed by atoms with Crippen molar-refractivity contribution in [2.45, 2.75) is 13.5 Å². The smallest absolute Gasteiger partial charge is 0.252 e. The summed E-state index contributed by atoms with van der Waals surface area (Å²) in [7, 11) is 0. The van der Waals surface area contributed by atoms with Gasteiger partial charge in [0.1, 0.15) is 0 Å². The Labute approximate surface area is 120 Å². The van der Waals surface area contributed by atoms with Crippen molar-refractivity contribution in [3.63, 3.8) is 0 Å². The summed E-state index contributed by atoms with van der Waals surface area (Å²) < 4.78 is 3.06. The van der Waals surface area contributed by atoms with Gasteiger partial charge in [-0.1, -0.05) is 12.1 Å². The van der Waals surface area contributed by atoms with Gasteiger partial charge in [0.25, 0.3) is 5.91 Å². The number of hydrogen-bond donors (Lipinski definition) is 1. The molecule has 0 saturated heterocycles. The molecular weight excluding hydrogens is 339 g/mol. The van der Waals surface area contributed by atoms with E-state index in [0.717, 1.165) is 21.2 Å². The molecule has 2 rings (SSSR count). The second-order valence-corrected chi connectivity index (χ2v) is 5.19. The zero-order valence-electron chi connectivity index (χ0n) is 10.2. The summed E-state index contributed by atoms with van der Waals surface area (Å²) in [4.78, 5) is 12.0. The van der Waals surface area contributed by atoms with Gasteiger partial charge >= 0.3 is 0 Å². The first-order valence-electron chi connectivity index (χ1n) is 5.82. The Hall–Kier alpha value is -1.30. The van der Waals surface area contributed by atoms with Crippen LogP contribution in [0.5, 0.6) is 0 Å². The molecule has 1 heterocycles. The van der Waals surface area contributed by atoms with Crippen LogP contribution in [0.15, 0.2) is 42.7 Å². The molecule has 1 amide bonds. The molecule has 4 heteroatoms. The van der Waals surface area contributed by atoms with E-state index in [1.165, 1.54) is 0 Å². The third kappa shape index (κ3) is 3.13. The summed E-state index contributed by atoms with van der Waals surface area (Å²) in [5.74, 6) is -0.00439. The van der Waals surface area contributed by atoms with Crippen molar-refractivity contribution in [3.8, 4) is 0 Å². The highest BCUT2D eigenvalue weighted by molar-refractivity contribution is 14.1. The van der Waals surface area contributed by atoms with Crippen LogP contribution >= 0.6 is 22.6 Å². The zero-order chi connectivity index (χ0) is 13.0. The average molecular weight is 354 g/mol. The lowest BCUT2D eigenvalue weighted by Gasteiger charge is -2.09. The largest absolute Gasteiger partial charge is 0.353 e. The molecule has 18 heavy (non-hydrogen) atoms. The monoisotopic (exact) mass is 354 g/mol. The lowest BCUT2D eigenvalue weighted by molar-refractivity contribution is 0.0951. The molecule has 0 aliphatic heterocycles. The van der Waals surface area contributed by atoms with Gasteiger partial charge in [0, 0.05) is 29.1 Å². The zero-order valence-corrected chi connectivity index (χ0v) is 12.3. The molecule has 0 atom stereocenters. The Balaban J connectivity index is 1.93. The molecule has 0 saturated carbocycles. The van der Waals surface area contributed by atoms with Crippen molar-refractivity contribution in [1.29, 1.82) is 0 Å². The molecule has 0 spiro atoms. The number of aryl methyl sites for hydroxylation is 1. The first kappa shape index (κ1) is 13.1. The van der Waals surface area contributed by atoms with Crippen LogP contribution in [0.4, 0.5) is 0 Å². The van der Waals surface area contributed by atoms with Crippen LogP contribution in [0, 0.1) is 10.5 Å². The number of carbonyl (C=O) groups excluding carboxylic acids is 1. The Bertz CT molecular complexity index is 535. The molecule has 1 aromatic heterocycles. The van der Waals surface area contributed by atoms with Crippen LogP contribution in [0.25, 0.3) is 0 Å². The molecule has 0 aliphatic carbocycles. The lowest BCUT2D eigenvalue weighted by atomic mass is 10.1. The maximum Gasteiger partial charge on any atom is 0.252 e. The van der Waals surface area contributed by atoms with E-state index in [4.69, 9.17) is 0 Å². The number of aromatic nitrogens is 1. The molecular formula is C14H15IN2O. The molecule has 2 aromatic rings. The van der Waals surface area contributed by atoms with Crippen molar-refractivity contribution < 1.29 is 4.79 Å². The van der Waals surface area contributed by atoms with Crippen molar-refractivity contribution in [2.75, 3.05) is 6.54 Å². The number of amides is 1. The molecule has 0 unspecified atom stereocenters. The van der Waals surface area contributed by atoms with E-state index in [0.29, 0.717) is 6.54 Å². The van der Waals surface area contributed by atoms with Crippen molar-refractivity contribution in [2.24, 2.45) is 0 Å². The predicted octanol–water partition coefficient (Wildman–Crippen LogP) is 2.83. The van der Waals surface area contributed by atoms with Gasteiger partial charge in [-0.15, -0.1) is 0 Å². The van der Waals surface area contributed by atoms with Crippen molar-refractivity contribution in [1.82, 2.24) is 9.88 Å². The highest BCUT2D eigenvalue weighted by Gasteiger charge is 2.10. The first-order valence-corrected chi connectivity index (χ1v) is 6.90. The molecule has 94 valence electrons. The molecule has 0 aliphatic rings. The van der Waals surface area contributed by atoms with E-state index >= 15 is 0 Å². The third-order valence-corrected chi connectivity index (χ3v) is 4.19. The van der Waals surface area contributed by atoms with E-state index < -0.39 is 0 Å². The second kappa shape index (κ2) is 6.04. The Morgan fingerprint density at radius 1 is 1.28 bits per heavy atom. The van der Waals surface area contributed by atoms with Gasteiger partial charge in [-0.05, 0) is 53.3 Å². The van der Waals surface area contributed by atoms with E-state index in [1.54, 1.807) is 0 Å². The number of benzene rings is 1. The summed E-state index contributed by atoms with van der Waals surface area (Å²) in [6, 6.07) is 9.74. The molecule has 3 nitrogen and oxygen atoms in total. The van der Waals surface area contributed by atoms with Gasteiger partial charge < -0.3 is 9.88 Å². The highest BCUT2D eigenvalue weighted by Crippen LogP contribution is 2.16. The minimum absolute atomic E-state index is 0.00439. The molecule has 0 radical (unpaired) electrons. The quantitative estimate of drug-likeness (QED) is 0.842. The summed E-state index contributed by atoms with van der Waals surface area (Å²) >= 11 is 2.22. The van der Waals surface area contributed by atoms with Gasteiger partial charge in [-0.3, -0.25) is 4.79 Å². The van der Waals surface area contributed by atoms with Gasteiger partial charge in [0.05, 0.1) is 5.56 Å². The van der Waals surface area contributed by atoms with Crippen LogP contribution in [0.3, 0.4) is 0 Å². The van der Waals surface area contributed by atoms with Gasteiger partial charge in [0.15, 0.2) is 0 Å². The number of hydrogen-bond acceptors (Lipinski definition) is 1. The Morgan fingerprint density at radius 2 is 2.00 bits per heavy atom. The van der Waals surface area contributed by atoms with Crippen LogP contribution in [-0.4, -0.2) is 17.0 Å². The van der Waals surface area contributed by atoms with E-state index in [2.05, 4.69) is 27.9 Å². The highest BCUT2D eigenvalue weighted by atomic mass is 127. The fraction of sp³-hybridized carbons (Fsp3) is 0.214. The summed E-state index contributed by atoms with van der Waals surface area (Å²) in [5, 5.41) is 2.94. The van der Waals surface area contributed by atoms with E-state index in [1.807, 2.05) is 54.2 Å². The minimum atomic E-state index is -0.00439. The molecule has 0 bridgehead atoms. The second-order valence-electron chi connectivity index (χ2n) is 4.11. The summed E-state index contributed by atoms with van der Waals surface area (Å²) in [5.41, 5.74) is 1.89. The maximum atomic E-state index is 12.0. The minimum Gasteiger partial charge on any atom is -0.353 e. The Kier molecular flexibility index (Phi) is 4.41. The van der Waals surface area contributed by atoms with E-state index in [-0.39, 0.29) is 5.91 Å². The Morgan fingerprint density at radius 3 is 2.72 bits per heavy atom. The number of halogens is 1. The molecule has 0 fully saturated rings.